The van der Waals surface area contributed by atoms with Crippen molar-refractivity contribution in [3.8, 4) is 0 Å². The van der Waals surface area contributed by atoms with Crippen LogP contribution < -0.4 is 0 Å². The summed E-state index contributed by atoms with van der Waals surface area (Å²) in [4.78, 5) is 1.55. The van der Waals surface area contributed by atoms with Gasteiger partial charge in [-0.25, -0.2) is 0 Å². The summed E-state index contributed by atoms with van der Waals surface area (Å²) in [6, 6.07) is 0. The second-order valence-electron chi connectivity index (χ2n) is 2.14. The van der Waals surface area contributed by atoms with E-state index in [4.69, 9.17) is 0 Å². The third-order valence-electron chi connectivity index (χ3n) is 1.18. The molecule has 0 amide bonds. The molecule has 1 aromatic heterocycles. The normalized spacial score (nSPS) is 11.1. The molecule has 0 spiro atoms. The first-order valence-corrected chi connectivity index (χ1v) is 4.54. The molecule has 3 nitrogen and oxygen atoms in total. The molecule has 0 atom stereocenters. The van der Waals surface area contributed by atoms with Crippen molar-refractivity contribution < 1.29 is 0 Å². The zero-order valence-electron chi connectivity index (χ0n) is 6.37. The predicted molar refractivity (Wildman–Crippen MR) is 48.4 cm³/mol. The van der Waals surface area contributed by atoms with E-state index in [1.54, 1.807) is 11.0 Å². The van der Waals surface area contributed by atoms with Gasteiger partial charge in [-0.05, 0) is 12.5 Å². The molecule has 0 aromatic carbocycles. The molecule has 1 aromatic rings. The Morgan fingerprint density at radius 3 is 3.09 bits per heavy atom. The fraction of sp³-hybridized carbons (Fsp3) is 0.429. The Hall–Kier alpha value is -0.640. The molecule has 1 heterocycles. The van der Waals surface area contributed by atoms with Crippen LogP contribution in [-0.2, 0) is 7.05 Å². The second-order valence-corrected chi connectivity index (χ2v) is 2.93. The predicted octanol–water partition coefficient (Wildman–Crippen LogP) is 1.61. The van der Waals surface area contributed by atoms with Crippen LogP contribution in [0.15, 0.2) is 12.3 Å². The minimum Gasteiger partial charge on any atom is -0.187 e. The van der Waals surface area contributed by atoms with Crippen LogP contribution in [0.2, 0.25) is 0 Å². The van der Waals surface area contributed by atoms with Gasteiger partial charge in [0.2, 0.25) is 0 Å². The van der Waals surface area contributed by atoms with Gasteiger partial charge in [-0.15, -0.1) is 0 Å². The molecule has 1 rings (SSSR count). The Bertz CT molecular complexity index is 242. The highest BCUT2D eigenvalue weighted by atomic mass is 79.9. The minimum atomic E-state index is 0.911. The van der Waals surface area contributed by atoms with E-state index in [1.165, 1.54) is 0 Å². The molecule has 0 unspecified atom stereocenters. The Kier molecular flexibility index (Phi) is 3.29. The maximum atomic E-state index is 4.09. The van der Waals surface area contributed by atoms with Crippen LogP contribution in [0.3, 0.4) is 0 Å². The van der Waals surface area contributed by atoms with E-state index in [1.807, 2.05) is 13.1 Å². The lowest BCUT2D eigenvalue weighted by molar-refractivity contribution is 0.652. The van der Waals surface area contributed by atoms with Gasteiger partial charge >= 0.3 is 0 Å². The molecule has 4 heteroatoms. The number of alkyl halides is 1. The first kappa shape index (κ1) is 8.46. The first-order chi connectivity index (χ1) is 5.33. The van der Waals surface area contributed by atoms with E-state index in [2.05, 4.69) is 32.2 Å². The molecule has 0 aliphatic carbocycles. The highest BCUT2D eigenvalue weighted by molar-refractivity contribution is 9.09. The fourth-order valence-electron chi connectivity index (χ4n) is 0.705. The average molecular weight is 216 g/mol. The summed E-state index contributed by atoms with van der Waals surface area (Å²) in [6.07, 6.45) is 6.80. The van der Waals surface area contributed by atoms with Gasteiger partial charge in [0.25, 0.3) is 0 Å². The molecule has 0 saturated heterocycles. The minimum absolute atomic E-state index is 0.911. The van der Waals surface area contributed by atoms with Gasteiger partial charge in [0.15, 0.2) is 0 Å². The summed E-state index contributed by atoms with van der Waals surface area (Å²) in [5.41, 5.74) is 0.911. The number of hydrogen-bond acceptors (Lipinski definition) is 2. The number of hydrogen-bond donors (Lipinski definition) is 0. The Labute approximate surface area is 74.2 Å². The molecule has 0 aliphatic heterocycles. The largest absolute Gasteiger partial charge is 0.187 e. The Morgan fingerprint density at radius 1 is 1.73 bits per heavy atom. The summed E-state index contributed by atoms with van der Waals surface area (Å²) < 4.78 is 0. The first-order valence-electron chi connectivity index (χ1n) is 3.42. The quantitative estimate of drug-likeness (QED) is 0.718. The SMILES string of the molecule is Cn1ncc(/C=C/CCBr)n1. The number of allylic oxidation sites excluding steroid dienone is 1. The zero-order chi connectivity index (χ0) is 8.10. The van der Waals surface area contributed by atoms with E-state index in [0.717, 1.165) is 17.4 Å². The molecule has 0 bridgehead atoms. The highest BCUT2D eigenvalue weighted by Crippen LogP contribution is 1.97. The number of aromatic nitrogens is 3. The third kappa shape index (κ3) is 2.84. The van der Waals surface area contributed by atoms with Crippen molar-refractivity contribution in [3.05, 3.63) is 18.0 Å². The van der Waals surface area contributed by atoms with E-state index in [0.29, 0.717) is 0 Å². The number of rotatable bonds is 3. The van der Waals surface area contributed by atoms with Gasteiger partial charge in [-0.1, -0.05) is 22.0 Å². The summed E-state index contributed by atoms with van der Waals surface area (Å²) in [5, 5.41) is 9.01. The van der Waals surface area contributed by atoms with E-state index >= 15 is 0 Å². The monoisotopic (exact) mass is 215 g/mol. The Balaban J connectivity index is 2.50. The van der Waals surface area contributed by atoms with Gasteiger partial charge in [-0.2, -0.15) is 15.0 Å². The summed E-state index contributed by atoms with van der Waals surface area (Å²) >= 11 is 3.34. The van der Waals surface area contributed by atoms with E-state index in [-0.39, 0.29) is 0 Å². The van der Waals surface area contributed by atoms with Crippen molar-refractivity contribution in [3.63, 3.8) is 0 Å². The maximum Gasteiger partial charge on any atom is 0.105 e. The molecule has 60 valence electrons. The lowest BCUT2D eigenvalue weighted by atomic mass is 10.3. The molecule has 0 N–H and O–H groups in total. The van der Waals surface area contributed by atoms with Crippen molar-refractivity contribution in [2.75, 3.05) is 5.33 Å². The third-order valence-corrected chi connectivity index (χ3v) is 1.64. The second kappa shape index (κ2) is 4.28. The lowest BCUT2D eigenvalue weighted by Crippen LogP contribution is -1.91. The number of aryl methyl sites for hydroxylation is 1. The molecule has 0 saturated carbocycles. The molecule has 0 aliphatic rings. The molecule has 0 radical (unpaired) electrons. The summed E-state index contributed by atoms with van der Waals surface area (Å²) in [5.74, 6) is 0. The smallest absolute Gasteiger partial charge is 0.105 e. The van der Waals surface area contributed by atoms with Crippen molar-refractivity contribution in [2.45, 2.75) is 6.42 Å². The standard InChI is InChI=1S/C7H10BrN3/c1-11-9-6-7(10-11)4-2-3-5-8/h2,4,6H,3,5H2,1H3/b4-2+. The van der Waals surface area contributed by atoms with Crippen LogP contribution in [0.5, 0.6) is 0 Å². The zero-order valence-corrected chi connectivity index (χ0v) is 7.95. The number of halogens is 1. The van der Waals surface area contributed by atoms with Gasteiger partial charge in [0.05, 0.1) is 6.20 Å². The summed E-state index contributed by atoms with van der Waals surface area (Å²) in [6.45, 7) is 0. The van der Waals surface area contributed by atoms with Crippen molar-refractivity contribution in [2.24, 2.45) is 7.05 Å². The Morgan fingerprint density at radius 2 is 2.55 bits per heavy atom. The maximum absolute atomic E-state index is 4.09. The lowest BCUT2D eigenvalue weighted by Gasteiger charge is -1.82. The van der Waals surface area contributed by atoms with Crippen LogP contribution in [0, 0.1) is 0 Å². The summed E-state index contributed by atoms with van der Waals surface area (Å²) in [7, 11) is 1.81. The van der Waals surface area contributed by atoms with Crippen LogP contribution in [-0.4, -0.2) is 20.3 Å². The van der Waals surface area contributed by atoms with Gasteiger partial charge in [0.1, 0.15) is 5.69 Å². The van der Waals surface area contributed by atoms with Crippen LogP contribution >= 0.6 is 15.9 Å². The molecular formula is C7H10BrN3. The van der Waals surface area contributed by atoms with E-state index in [9.17, 15) is 0 Å². The van der Waals surface area contributed by atoms with Crippen LogP contribution in [0.1, 0.15) is 12.1 Å². The van der Waals surface area contributed by atoms with Gasteiger partial charge in [-0.3, -0.25) is 0 Å². The van der Waals surface area contributed by atoms with Crippen LogP contribution in [0.4, 0.5) is 0 Å². The van der Waals surface area contributed by atoms with Crippen molar-refractivity contribution in [1.82, 2.24) is 15.0 Å². The van der Waals surface area contributed by atoms with Crippen molar-refractivity contribution >= 4 is 22.0 Å². The van der Waals surface area contributed by atoms with E-state index < -0.39 is 0 Å². The fourth-order valence-corrected chi connectivity index (χ4v) is 0.969. The van der Waals surface area contributed by atoms with Gasteiger partial charge in [0, 0.05) is 12.4 Å². The van der Waals surface area contributed by atoms with Crippen LogP contribution in [0.25, 0.3) is 6.08 Å². The highest BCUT2D eigenvalue weighted by Gasteiger charge is 1.89. The average Bonchev–Trinajstić information content (AvgIpc) is 2.37. The van der Waals surface area contributed by atoms with Crippen molar-refractivity contribution in [1.29, 1.82) is 0 Å². The molecular weight excluding hydrogens is 206 g/mol. The number of nitrogens with zero attached hydrogens (tertiary/aromatic N) is 3. The topological polar surface area (TPSA) is 30.7 Å². The van der Waals surface area contributed by atoms with Gasteiger partial charge < -0.3 is 0 Å². The molecule has 0 fully saturated rings. The molecule has 11 heavy (non-hydrogen) atoms.